The fourth-order valence-corrected chi connectivity index (χ4v) is 4.01. The number of carbonyl (C=O) groups is 2. The van der Waals surface area contributed by atoms with Crippen molar-refractivity contribution >= 4 is 17.5 Å². The summed E-state index contributed by atoms with van der Waals surface area (Å²) in [5.41, 5.74) is 4.31. The SMILES string of the molecule is CCCCCCCCCCCCCCCC(=O)[N+](C)(C)NC(=O)c1ccccc1N(C)C. The molecule has 1 rings (SSSR count). The van der Waals surface area contributed by atoms with Crippen LogP contribution in [0.15, 0.2) is 24.3 Å². The largest absolute Gasteiger partial charge is 0.377 e. The second kappa shape index (κ2) is 15.8. The van der Waals surface area contributed by atoms with Crippen LogP contribution in [0.5, 0.6) is 0 Å². The number of rotatable bonds is 16. The lowest BCUT2D eigenvalue weighted by Crippen LogP contribution is -2.58. The van der Waals surface area contributed by atoms with Crippen molar-refractivity contribution in [3.05, 3.63) is 29.8 Å². The van der Waals surface area contributed by atoms with Crippen LogP contribution in [0, 0.1) is 0 Å². The minimum atomic E-state index is -0.224. The van der Waals surface area contributed by atoms with Crippen LogP contribution in [0.4, 0.5) is 5.69 Å². The maximum absolute atomic E-state index is 12.8. The molecule has 1 aromatic rings. The number of amides is 2. The van der Waals surface area contributed by atoms with Crippen LogP contribution < -0.4 is 10.3 Å². The van der Waals surface area contributed by atoms with Crippen molar-refractivity contribution in [1.29, 1.82) is 0 Å². The second-order valence-corrected chi connectivity index (χ2v) is 9.69. The summed E-state index contributed by atoms with van der Waals surface area (Å²) < 4.78 is -0.126. The molecule has 0 aliphatic rings. The normalized spacial score (nSPS) is 11.4. The van der Waals surface area contributed by atoms with Gasteiger partial charge in [0.15, 0.2) is 0 Å². The number of hydrogen-bond acceptors (Lipinski definition) is 3. The molecule has 0 bridgehead atoms. The molecule has 0 radical (unpaired) electrons. The number of para-hydroxylation sites is 1. The van der Waals surface area contributed by atoms with E-state index in [2.05, 4.69) is 12.3 Å². The molecule has 0 spiro atoms. The van der Waals surface area contributed by atoms with E-state index in [1.165, 1.54) is 70.6 Å². The zero-order valence-electron chi connectivity index (χ0n) is 21.4. The van der Waals surface area contributed by atoms with E-state index in [4.69, 9.17) is 0 Å². The lowest BCUT2D eigenvalue weighted by atomic mass is 10.0. The van der Waals surface area contributed by atoms with Gasteiger partial charge in [-0.25, -0.2) is 4.79 Å². The maximum Gasteiger partial charge on any atom is 0.337 e. The van der Waals surface area contributed by atoms with E-state index in [9.17, 15) is 9.59 Å². The van der Waals surface area contributed by atoms with Gasteiger partial charge in [-0.3, -0.25) is 4.79 Å². The topological polar surface area (TPSA) is 49.4 Å². The van der Waals surface area contributed by atoms with Gasteiger partial charge in [0.1, 0.15) is 0 Å². The summed E-state index contributed by atoms with van der Waals surface area (Å²) in [5.74, 6) is -0.179. The van der Waals surface area contributed by atoms with Crippen LogP contribution in [-0.2, 0) is 4.79 Å². The van der Waals surface area contributed by atoms with E-state index in [0.29, 0.717) is 12.0 Å². The number of benzene rings is 1. The molecule has 32 heavy (non-hydrogen) atoms. The maximum atomic E-state index is 12.8. The molecule has 0 saturated heterocycles. The first-order chi connectivity index (χ1) is 15.3. The number of nitrogens with zero attached hydrogens (tertiary/aromatic N) is 2. The Labute approximate surface area is 197 Å². The summed E-state index contributed by atoms with van der Waals surface area (Å²) >= 11 is 0. The zero-order chi connectivity index (χ0) is 23.8. The predicted molar refractivity (Wildman–Crippen MR) is 136 cm³/mol. The smallest absolute Gasteiger partial charge is 0.337 e. The molecule has 0 heterocycles. The van der Waals surface area contributed by atoms with Crippen molar-refractivity contribution in [2.45, 2.75) is 96.8 Å². The fraction of sp³-hybridized carbons (Fsp3) is 0.704. The van der Waals surface area contributed by atoms with Gasteiger partial charge < -0.3 is 4.90 Å². The molecule has 182 valence electrons. The number of nitrogens with one attached hydrogen (secondary N) is 1. The molecule has 0 aliphatic carbocycles. The van der Waals surface area contributed by atoms with Crippen molar-refractivity contribution in [2.24, 2.45) is 0 Å². The Hall–Kier alpha value is -1.88. The van der Waals surface area contributed by atoms with Gasteiger partial charge in [0.2, 0.25) is 0 Å². The van der Waals surface area contributed by atoms with Crippen LogP contribution in [0.2, 0.25) is 0 Å². The van der Waals surface area contributed by atoms with E-state index >= 15 is 0 Å². The van der Waals surface area contributed by atoms with Crippen molar-refractivity contribution in [2.75, 3.05) is 33.1 Å². The third-order valence-corrected chi connectivity index (χ3v) is 6.13. The quantitative estimate of drug-likeness (QED) is 0.179. The first-order valence-electron chi connectivity index (χ1n) is 12.8. The zero-order valence-corrected chi connectivity index (χ0v) is 21.4. The Bertz CT molecular complexity index is 671. The summed E-state index contributed by atoms with van der Waals surface area (Å²) in [4.78, 5) is 27.4. The lowest BCUT2D eigenvalue weighted by molar-refractivity contribution is -0.850. The van der Waals surface area contributed by atoms with Crippen LogP contribution in [0.3, 0.4) is 0 Å². The molecule has 1 aromatic carbocycles. The number of hydrogen-bond donors (Lipinski definition) is 1. The number of quaternary nitrogens is 1. The molecular formula is C27H48N3O2+. The summed E-state index contributed by atoms with van der Waals surface area (Å²) in [6, 6.07) is 7.45. The van der Waals surface area contributed by atoms with Crippen LogP contribution in [0.1, 0.15) is 107 Å². The highest BCUT2D eigenvalue weighted by atomic mass is 16.2. The molecule has 0 aromatic heterocycles. The molecule has 0 fully saturated rings. The molecule has 5 nitrogen and oxygen atoms in total. The van der Waals surface area contributed by atoms with Crippen LogP contribution in [0.25, 0.3) is 0 Å². The van der Waals surface area contributed by atoms with E-state index in [1.807, 2.05) is 37.2 Å². The minimum absolute atomic E-state index is 0.0451. The van der Waals surface area contributed by atoms with Crippen LogP contribution >= 0.6 is 0 Å². The highest BCUT2D eigenvalue weighted by molar-refractivity contribution is 5.99. The Morgan fingerprint density at radius 2 is 1.25 bits per heavy atom. The highest BCUT2D eigenvalue weighted by Crippen LogP contribution is 2.19. The Morgan fingerprint density at radius 3 is 1.75 bits per heavy atom. The number of carbonyl (C=O) groups excluding carboxylic acids is 2. The Morgan fingerprint density at radius 1 is 0.781 bits per heavy atom. The van der Waals surface area contributed by atoms with E-state index in [0.717, 1.165) is 18.5 Å². The van der Waals surface area contributed by atoms with E-state index in [1.54, 1.807) is 20.2 Å². The van der Waals surface area contributed by atoms with Crippen molar-refractivity contribution in [1.82, 2.24) is 5.43 Å². The molecule has 2 amide bonds. The number of anilines is 1. The van der Waals surface area contributed by atoms with Crippen molar-refractivity contribution < 1.29 is 14.2 Å². The minimum Gasteiger partial charge on any atom is -0.377 e. The van der Waals surface area contributed by atoms with Crippen molar-refractivity contribution in [3.8, 4) is 0 Å². The van der Waals surface area contributed by atoms with Gasteiger partial charge in [-0.1, -0.05) is 96.1 Å². The fourth-order valence-electron chi connectivity index (χ4n) is 4.01. The monoisotopic (exact) mass is 446 g/mol. The van der Waals surface area contributed by atoms with Gasteiger partial charge in [-0.15, -0.1) is 0 Å². The molecule has 1 N–H and O–H groups in total. The average Bonchev–Trinajstić information content (AvgIpc) is 2.76. The molecule has 0 atom stereocenters. The van der Waals surface area contributed by atoms with Crippen molar-refractivity contribution in [3.63, 3.8) is 0 Å². The lowest BCUT2D eigenvalue weighted by Gasteiger charge is -2.27. The summed E-state index contributed by atoms with van der Waals surface area (Å²) in [7, 11) is 7.32. The van der Waals surface area contributed by atoms with Crippen LogP contribution in [-0.4, -0.2) is 44.6 Å². The highest BCUT2D eigenvalue weighted by Gasteiger charge is 2.29. The third-order valence-electron chi connectivity index (χ3n) is 6.13. The second-order valence-electron chi connectivity index (χ2n) is 9.69. The third kappa shape index (κ3) is 11.1. The molecule has 0 saturated carbocycles. The summed E-state index contributed by atoms with van der Waals surface area (Å²) in [6.45, 7) is 2.26. The van der Waals surface area contributed by atoms with E-state index < -0.39 is 0 Å². The summed E-state index contributed by atoms with van der Waals surface area (Å²) in [6.07, 6.45) is 17.2. The standard InChI is InChI=1S/C27H47N3O2/c1-6-7-8-9-10-11-12-13-14-15-16-17-18-23-26(31)30(4,5)28-27(32)24-21-19-20-22-25(24)29(2)3/h19-22H,6-18,23H2,1-5H3/p+1. The summed E-state index contributed by atoms with van der Waals surface area (Å²) in [5, 5.41) is 0. The molecule has 5 heteroatoms. The molecule has 0 unspecified atom stereocenters. The van der Waals surface area contributed by atoms with Gasteiger partial charge in [0, 0.05) is 19.8 Å². The average molecular weight is 447 g/mol. The van der Waals surface area contributed by atoms with Gasteiger partial charge in [0.25, 0.3) is 5.91 Å². The molecular weight excluding hydrogens is 398 g/mol. The first kappa shape index (κ1) is 28.2. The van der Waals surface area contributed by atoms with E-state index in [-0.39, 0.29) is 16.4 Å². The van der Waals surface area contributed by atoms with Gasteiger partial charge >= 0.3 is 5.91 Å². The number of unbranched alkanes of at least 4 members (excludes halogenated alkanes) is 12. The van der Waals surface area contributed by atoms with Gasteiger partial charge in [-0.2, -0.15) is 10.0 Å². The van der Waals surface area contributed by atoms with Gasteiger partial charge in [-0.05, 0) is 18.6 Å². The first-order valence-corrected chi connectivity index (χ1v) is 12.8. The molecule has 0 aliphatic heterocycles. The Kier molecular flexibility index (Phi) is 13.9. The Balaban J connectivity index is 2.20. The van der Waals surface area contributed by atoms with Gasteiger partial charge in [0.05, 0.1) is 26.1 Å². The predicted octanol–water partition coefficient (Wildman–Crippen LogP) is 6.48.